The molecule has 5 heteroatoms. The van der Waals surface area contributed by atoms with Gasteiger partial charge in [0.15, 0.2) is 0 Å². The van der Waals surface area contributed by atoms with Gasteiger partial charge in [-0.3, -0.25) is 4.79 Å². The van der Waals surface area contributed by atoms with Crippen LogP contribution in [0.3, 0.4) is 0 Å². The smallest absolute Gasteiger partial charge is 0.258 e. The number of pyridine rings is 2. The van der Waals surface area contributed by atoms with Crippen LogP contribution >= 0.6 is 23.2 Å². The van der Waals surface area contributed by atoms with Gasteiger partial charge in [0.1, 0.15) is 0 Å². The molecule has 2 heterocycles. The van der Waals surface area contributed by atoms with Gasteiger partial charge in [-0.25, -0.2) is 4.98 Å². The number of fused-ring (bicyclic) bond motifs is 2. The van der Waals surface area contributed by atoms with Gasteiger partial charge in [0, 0.05) is 26.4 Å². The van der Waals surface area contributed by atoms with E-state index >= 15 is 0 Å². The number of aromatic amines is 1. The number of nitrogens with zero attached hydrogens (tertiary/aromatic N) is 1. The SMILES string of the molecule is O=c1[nH]c2cc(Cl)ccc2c(-c2ccccc2)c1-c1cc(-c2ccccc2)c2ccc(Cl)cc2n1. The van der Waals surface area contributed by atoms with Crippen molar-refractivity contribution in [1.29, 1.82) is 0 Å². The van der Waals surface area contributed by atoms with Crippen LogP contribution in [0.2, 0.25) is 10.0 Å². The number of benzene rings is 4. The third kappa shape index (κ3) is 3.89. The molecule has 3 nitrogen and oxygen atoms in total. The summed E-state index contributed by atoms with van der Waals surface area (Å²) in [5.41, 5.74) is 6.02. The van der Waals surface area contributed by atoms with Gasteiger partial charge in [-0.2, -0.15) is 0 Å². The summed E-state index contributed by atoms with van der Waals surface area (Å²) in [7, 11) is 0. The van der Waals surface area contributed by atoms with E-state index in [-0.39, 0.29) is 5.56 Å². The second-order valence-corrected chi connectivity index (χ2v) is 9.22. The Hall–Kier alpha value is -3.92. The van der Waals surface area contributed by atoms with E-state index in [0.717, 1.165) is 38.5 Å². The maximum atomic E-state index is 13.6. The summed E-state index contributed by atoms with van der Waals surface area (Å²) < 4.78 is 0. The molecular formula is C30H18Cl2N2O. The van der Waals surface area contributed by atoms with Crippen LogP contribution in [-0.4, -0.2) is 9.97 Å². The molecule has 0 aliphatic rings. The summed E-state index contributed by atoms with van der Waals surface area (Å²) in [6, 6.07) is 33.2. The molecule has 0 saturated carbocycles. The molecule has 168 valence electrons. The van der Waals surface area contributed by atoms with E-state index in [4.69, 9.17) is 28.2 Å². The Morgan fingerprint density at radius 3 is 1.97 bits per heavy atom. The first-order valence-electron chi connectivity index (χ1n) is 11.2. The predicted molar refractivity (Wildman–Crippen MR) is 146 cm³/mol. The molecule has 0 radical (unpaired) electrons. The number of rotatable bonds is 3. The highest BCUT2D eigenvalue weighted by Crippen LogP contribution is 2.38. The molecule has 6 rings (SSSR count). The van der Waals surface area contributed by atoms with Crippen LogP contribution in [0.4, 0.5) is 0 Å². The number of hydrogen-bond donors (Lipinski definition) is 1. The zero-order valence-electron chi connectivity index (χ0n) is 18.4. The van der Waals surface area contributed by atoms with Crippen molar-refractivity contribution >= 4 is 45.0 Å². The Balaban J connectivity index is 1.75. The fourth-order valence-corrected chi connectivity index (χ4v) is 4.94. The third-order valence-electron chi connectivity index (χ3n) is 6.15. The Morgan fingerprint density at radius 2 is 1.26 bits per heavy atom. The van der Waals surface area contributed by atoms with Crippen LogP contribution in [0.5, 0.6) is 0 Å². The zero-order chi connectivity index (χ0) is 23.9. The van der Waals surface area contributed by atoms with Crippen molar-refractivity contribution in [2.45, 2.75) is 0 Å². The van der Waals surface area contributed by atoms with E-state index in [1.807, 2.05) is 84.9 Å². The van der Waals surface area contributed by atoms with Crippen LogP contribution < -0.4 is 5.56 Å². The van der Waals surface area contributed by atoms with Gasteiger partial charge >= 0.3 is 0 Å². The Kier molecular flexibility index (Phi) is 5.37. The number of H-pyrrole nitrogens is 1. The van der Waals surface area contributed by atoms with E-state index in [1.165, 1.54) is 0 Å². The number of aromatic nitrogens is 2. The van der Waals surface area contributed by atoms with E-state index in [2.05, 4.69) is 17.1 Å². The van der Waals surface area contributed by atoms with Crippen LogP contribution in [0.1, 0.15) is 0 Å². The summed E-state index contributed by atoms with van der Waals surface area (Å²) >= 11 is 12.6. The van der Waals surface area contributed by atoms with Gasteiger partial charge in [-0.15, -0.1) is 0 Å². The summed E-state index contributed by atoms with van der Waals surface area (Å²) in [4.78, 5) is 21.6. The summed E-state index contributed by atoms with van der Waals surface area (Å²) in [6.45, 7) is 0. The van der Waals surface area contributed by atoms with Crippen molar-refractivity contribution in [3.05, 3.63) is 124 Å². The minimum atomic E-state index is -0.230. The molecule has 0 atom stereocenters. The molecular weight excluding hydrogens is 475 g/mol. The van der Waals surface area contributed by atoms with Gasteiger partial charge in [-0.1, -0.05) is 96.0 Å². The van der Waals surface area contributed by atoms with E-state index < -0.39 is 0 Å². The van der Waals surface area contributed by atoms with Crippen LogP contribution in [0.15, 0.2) is 108 Å². The molecule has 1 N–H and O–H groups in total. The summed E-state index contributed by atoms with van der Waals surface area (Å²) in [6.07, 6.45) is 0. The van der Waals surface area contributed by atoms with Crippen LogP contribution in [-0.2, 0) is 0 Å². The second kappa shape index (κ2) is 8.70. The first kappa shape index (κ1) is 21.6. The van der Waals surface area contributed by atoms with Crippen molar-refractivity contribution in [3.63, 3.8) is 0 Å². The number of halogens is 2. The average molecular weight is 493 g/mol. The fraction of sp³-hybridized carbons (Fsp3) is 0. The van der Waals surface area contributed by atoms with Gasteiger partial charge < -0.3 is 4.98 Å². The van der Waals surface area contributed by atoms with Crippen molar-refractivity contribution in [1.82, 2.24) is 9.97 Å². The molecule has 0 saturated heterocycles. The lowest BCUT2D eigenvalue weighted by Gasteiger charge is -2.15. The maximum Gasteiger partial charge on any atom is 0.258 e. The van der Waals surface area contributed by atoms with Gasteiger partial charge in [-0.05, 0) is 47.0 Å². The topological polar surface area (TPSA) is 45.8 Å². The zero-order valence-corrected chi connectivity index (χ0v) is 19.9. The minimum Gasteiger partial charge on any atom is -0.321 e. The molecule has 0 aliphatic heterocycles. The van der Waals surface area contributed by atoms with Crippen LogP contribution in [0.25, 0.3) is 55.3 Å². The van der Waals surface area contributed by atoms with Crippen molar-refractivity contribution in [3.8, 4) is 33.5 Å². The summed E-state index contributed by atoms with van der Waals surface area (Å²) in [5.74, 6) is 0. The van der Waals surface area contributed by atoms with Gasteiger partial charge in [0.05, 0.1) is 22.3 Å². The largest absolute Gasteiger partial charge is 0.321 e. The molecule has 0 spiro atoms. The molecule has 0 fully saturated rings. The molecule has 2 aromatic heterocycles. The van der Waals surface area contributed by atoms with Gasteiger partial charge in [0.25, 0.3) is 5.56 Å². The molecule has 0 unspecified atom stereocenters. The Labute approximate surface area is 211 Å². The lowest BCUT2D eigenvalue weighted by Crippen LogP contribution is -2.12. The molecule has 0 bridgehead atoms. The standard InChI is InChI=1S/C30H18Cl2N2O/c31-20-11-13-22-24(18-7-3-1-4-8-18)17-27(33-25(22)15-20)29-28(19-9-5-2-6-10-19)23-14-12-21(32)16-26(23)34-30(29)35/h1-17H,(H,34,35). The highest BCUT2D eigenvalue weighted by molar-refractivity contribution is 6.31. The molecule has 0 aliphatic carbocycles. The normalized spacial score (nSPS) is 11.3. The Bertz CT molecular complexity index is 1780. The highest BCUT2D eigenvalue weighted by atomic mass is 35.5. The lowest BCUT2D eigenvalue weighted by atomic mass is 9.92. The molecule has 6 aromatic rings. The first-order chi connectivity index (χ1) is 17.1. The maximum absolute atomic E-state index is 13.6. The second-order valence-electron chi connectivity index (χ2n) is 8.34. The van der Waals surface area contributed by atoms with Crippen LogP contribution in [0, 0.1) is 0 Å². The molecule has 35 heavy (non-hydrogen) atoms. The van der Waals surface area contributed by atoms with Crippen molar-refractivity contribution in [2.24, 2.45) is 0 Å². The number of nitrogens with one attached hydrogen (secondary N) is 1. The van der Waals surface area contributed by atoms with E-state index in [9.17, 15) is 4.79 Å². The monoisotopic (exact) mass is 492 g/mol. The number of hydrogen-bond acceptors (Lipinski definition) is 2. The van der Waals surface area contributed by atoms with Gasteiger partial charge in [0.2, 0.25) is 0 Å². The molecule has 4 aromatic carbocycles. The first-order valence-corrected chi connectivity index (χ1v) is 11.9. The quantitative estimate of drug-likeness (QED) is 0.269. The third-order valence-corrected chi connectivity index (χ3v) is 6.62. The van der Waals surface area contributed by atoms with Crippen molar-refractivity contribution in [2.75, 3.05) is 0 Å². The highest BCUT2D eigenvalue weighted by Gasteiger charge is 2.20. The Morgan fingerprint density at radius 1 is 0.629 bits per heavy atom. The fourth-order valence-electron chi connectivity index (χ4n) is 4.61. The predicted octanol–water partition coefficient (Wildman–Crippen LogP) is 8.38. The summed E-state index contributed by atoms with van der Waals surface area (Å²) in [5, 5.41) is 3.01. The lowest BCUT2D eigenvalue weighted by molar-refractivity contribution is 1.28. The van der Waals surface area contributed by atoms with E-state index in [0.29, 0.717) is 26.8 Å². The average Bonchev–Trinajstić information content (AvgIpc) is 2.88. The van der Waals surface area contributed by atoms with E-state index in [1.54, 1.807) is 6.07 Å². The van der Waals surface area contributed by atoms with Crippen molar-refractivity contribution < 1.29 is 0 Å². The molecule has 0 amide bonds. The minimum absolute atomic E-state index is 0.230.